The van der Waals surface area contributed by atoms with Gasteiger partial charge in [0.25, 0.3) is 10.0 Å². The third kappa shape index (κ3) is 4.11. The second-order valence-corrected chi connectivity index (χ2v) is 6.49. The Kier molecular flexibility index (Phi) is 4.54. The fraction of sp³-hybridized carbons (Fsp3) is 0.0769. The van der Waals surface area contributed by atoms with Crippen LogP contribution in [0.2, 0.25) is 5.02 Å². The van der Waals surface area contributed by atoms with Gasteiger partial charge in [-0.2, -0.15) is 13.2 Å². The minimum absolute atomic E-state index is 0.357. The van der Waals surface area contributed by atoms with E-state index < -0.39 is 43.3 Å². The predicted molar refractivity (Wildman–Crippen MR) is 73.6 cm³/mol. The van der Waals surface area contributed by atoms with E-state index in [4.69, 9.17) is 11.6 Å². The Hall–Kier alpha value is -1.87. The van der Waals surface area contributed by atoms with Crippen LogP contribution in [0.1, 0.15) is 5.56 Å². The summed E-state index contributed by atoms with van der Waals surface area (Å²) >= 11 is 5.62. The maximum atomic E-state index is 13.1. The molecule has 1 N–H and O–H groups in total. The number of nitrogens with one attached hydrogen (secondary N) is 1. The first kappa shape index (κ1) is 17.5. The van der Waals surface area contributed by atoms with Crippen molar-refractivity contribution in [2.45, 2.75) is 11.1 Å². The minimum Gasteiger partial charge on any atom is -0.278 e. The molecule has 124 valence electrons. The normalized spacial score (nSPS) is 12.3. The zero-order chi connectivity index (χ0) is 17.4. The van der Waals surface area contributed by atoms with Crippen LogP contribution in [0.3, 0.4) is 0 Å². The number of alkyl halides is 3. The lowest BCUT2D eigenvalue weighted by Crippen LogP contribution is -2.14. The third-order valence-electron chi connectivity index (χ3n) is 2.69. The van der Waals surface area contributed by atoms with Gasteiger partial charge in [-0.25, -0.2) is 17.2 Å². The number of sulfonamides is 1. The van der Waals surface area contributed by atoms with Gasteiger partial charge in [0.05, 0.1) is 21.2 Å². The Morgan fingerprint density at radius 2 is 1.52 bits per heavy atom. The van der Waals surface area contributed by atoms with Gasteiger partial charge in [0.1, 0.15) is 11.6 Å². The molecule has 0 fully saturated rings. The summed E-state index contributed by atoms with van der Waals surface area (Å²) in [4.78, 5) is -0.731. The standard InChI is InChI=1S/C13H7ClF5NO2S/c14-11-3-7(13(17,18)19)1-2-12(11)20-23(21,22)10-5-8(15)4-9(16)6-10/h1-6,20H. The Morgan fingerprint density at radius 3 is 2.00 bits per heavy atom. The van der Waals surface area contributed by atoms with Gasteiger partial charge in [0.2, 0.25) is 0 Å². The van der Waals surface area contributed by atoms with E-state index >= 15 is 0 Å². The molecule has 2 aromatic rings. The number of hydrogen-bond donors (Lipinski definition) is 1. The molecule has 3 nitrogen and oxygen atoms in total. The Labute approximate surface area is 132 Å². The van der Waals surface area contributed by atoms with Crippen LogP contribution in [0, 0.1) is 11.6 Å². The van der Waals surface area contributed by atoms with E-state index in [1.807, 2.05) is 4.72 Å². The molecule has 23 heavy (non-hydrogen) atoms. The van der Waals surface area contributed by atoms with E-state index in [1.165, 1.54) is 0 Å². The molecule has 2 rings (SSSR count). The van der Waals surface area contributed by atoms with Gasteiger partial charge in [-0.1, -0.05) is 11.6 Å². The van der Waals surface area contributed by atoms with E-state index in [1.54, 1.807) is 0 Å². The maximum Gasteiger partial charge on any atom is 0.416 e. The third-order valence-corrected chi connectivity index (χ3v) is 4.34. The topological polar surface area (TPSA) is 46.2 Å². The largest absolute Gasteiger partial charge is 0.416 e. The fourth-order valence-electron chi connectivity index (χ4n) is 1.66. The second-order valence-electron chi connectivity index (χ2n) is 4.40. The highest BCUT2D eigenvalue weighted by Gasteiger charge is 2.31. The zero-order valence-corrected chi connectivity index (χ0v) is 12.5. The van der Waals surface area contributed by atoms with E-state index in [-0.39, 0.29) is 5.69 Å². The SMILES string of the molecule is O=S(=O)(Nc1ccc(C(F)(F)F)cc1Cl)c1cc(F)cc(F)c1. The fourth-order valence-corrected chi connectivity index (χ4v) is 3.07. The molecule has 0 atom stereocenters. The highest BCUT2D eigenvalue weighted by atomic mass is 35.5. The summed E-state index contributed by atoms with van der Waals surface area (Å²) in [5.41, 5.74) is -1.42. The van der Waals surface area contributed by atoms with Crippen LogP contribution >= 0.6 is 11.6 Å². The summed E-state index contributed by atoms with van der Waals surface area (Å²) in [7, 11) is -4.42. The van der Waals surface area contributed by atoms with Gasteiger partial charge in [-0.3, -0.25) is 4.72 Å². The molecule has 0 bridgehead atoms. The molecular formula is C13H7ClF5NO2S. The Balaban J connectivity index is 2.38. The molecule has 0 radical (unpaired) electrons. The van der Waals surface area contributed by atoms with E-state index in [9.17, 15) is 30.4 Å². The highest BCUT2D eigenvalue weighted by molar-refractivity contribution is 7.92. The summed E-state index contributed by atoms with van der Waals surface area (Å²) in [5.74, 6) is -2.24. The molecule has 0 spiro atoms. The average molecular weight is 372 g/mol. The molecule has 0 saturated heterocycles. The molecule has 0 heterocycles. The highest BCUT2D eigenvalue weighted by Crippen LogP contribution is 2.34. The second kappa shape index (κ2) is 5.97. The van der Waals surface area contributed by atoms with Crippen LogP contribution in [-0.2, 0) is 16.2 Å². The Morgan fingerprint density at radius 1 is 0.957 bits per heavy atom. The smallest absolute Gasteiger partial charge is 0.278 e. The van der Waals surface area contributed by atoms with Crippen molar-refractivity contribution in [2.75, 3.05) is 4.72 Å². The van der Waals surface area contributed by atoms with Crippen LogP contribution in [0.4, 0.5) is 27.6 Å². The summed E-state index contributed by atoms with van der Waals surface area (Å²) < 4.78 is 89.6. The lowest BCUT2D eigenvalue weighted by atomic mass is 10.2. The van der Waals surface area contributed by atoms with Crippen LogP contribution in [0.25, 0.3) is 0 Å². The molecule has 0 aliphatic heterocycles. The van der Waals surface area contributed by atoms with Crippen molar-refractivity contribution in [3.63, 3.8) is 0 Å². The van der Waals surface area contributed by atoms with Crippen LogP contribution in [0.5, 0.6) is 0 Å². The first-order chi connectivity index (χ1) is 10.5. The molecule has 2 aromatic carbocycles. The van der Waals surface area contributed by atoms with Gasteiger partial charge >= 0.3 is 6.18 Å². The lowest BCUT2D eigenvalue weighted by molar-refractivity contribution is -0.137. The van der Waals surface area contributed by atoms with Crippen molar-refractivity contribution in [3.05, 3.63) is 58.6 Å². The summed E-state index contributed by atoms with van der Waals surface area (Å²) in [5, 5.41) is -0.514. The molecule has 0 aliphatic rings. The molecule has 0 aromatic heterocycles. The number of benzene rings is 2. The van der Waals surface area contributed by atoms with E-state index in [2.05, 4.69) is 0 Å². The van der Waals surface area contributed by atoms with Crippen molar-refractivity contribution in [1.82, 2.24) is 0 Å². The lowest BCUT2D eigenvalue weighted by Gasteiger charge is -2.12. The van der Waals surface area contributed by atoms with Crippen molar-refractivity contribution in [3.8, 4) is 0 Å². The molecular weight excluding hydrogens is 365 g/mol. The first-order valence-corrected chi connectivity index (χ1v) is 7.71. The van der Waals surface area contributed by atoms with Gasteiger partial charge in [-0.15, -0.1) is 0 Å². The van der Waals surface area contributed by atoms with Gasteiger partial charge in [-0.05, 0) is 30.3 Å². The van der Waals surface area contributed by atoms with Gasteiger partial charge < -0.3 is 0 Å². The summed E-state index contributed by atoms with van der Waals surface area (Å²) in [6.07, 6.45) is -4.65. The zero-order valence-electron chi connectivity index (χ0n) is 11.0. The van der Waals surface area contributed by atoms with Crippen molar-refractivity contribution >= 4 is 27.3 Å². The predicted octanol–water partition coefficient (Wildman–Crippen LogP) is 4.44. The van der Waals surface area contributed by atoms with Crippen molar-refractivity contribution < 1.29 is 30.4 Å². The van der Waals surface area contributed by atoms with Crippen molar-refractivity contribution in [2.24, 2.45) is 0 Å². The summed E-state index contributed by atoms with van der Waals surface area (Å²) in [6, 6.07) is 3.55. The van der Waals surface area contributed by atoms with Crippen LogP contribution in [-0.4, -0.2) is 8.42 Å². The average Bonchev–Trinajstić information content (AvgIpc) is 2.38. The monoisotopic (exact) mass is 371 g/mol. The summed E-state index contributed by atoms with van der Waals surface area (Å²) in [6.45, 7) is 0. The van der Waals surface area contributed by atoms with E-state index in [0.717, 1.165) is 6.07 Å². The van der Waals surface area contributed by atoms with Crippen LogP contribution < -0.4 is 4.72 Å². The molecule has 0 amide bonds. The number of hydrogen-bond acceptors (Lipinski definition) is 2. The first-order valence-electron chi connectivity index (χ1n) is 5.85. The van der Waals surface area contributed by atoms with Gasteiger partial charge in [0, 0.05) is 6.07 Å². The van der Waals surface area contributed by atoms with Crippen molar-refractivity contribution in [1.29, 1.82) is 0 Å². The molecule has 0 aliphatic carbocycles. The maximum absolute atomic E-state index is 13.1. The van der Waals surface area contributed by atoms with E-state index in [0.29, 0.717) is 30.3 Å². The van der Waals surface area contributed by atoms with Gasteiger partial charge in [0.15, 0.2) is 0 Å². The molecule has 0 unspecified atom stereocenters. The molecule has 10 heteroatoms. The quantitative estimate of drug-likeness (QED) is 0.811. The number of rotatable bonds is 3. The number of anilines is 1. The Bertz CT molecular complexity index is 832. The van der Waals surface area contributed by atoms with Crippen LogP contribution in [0.15, 0.2) is 41.3 Å². The number of halogens is 6. The minimum atomic E-state index is -4.65. The molecule has 0 saturated carbocycles.